The van der Waals surface area contributed by atoms with E-state index in [4.69, 9.17) is 15.2 Å². The number of hydrogen-bond acceptors (Lipinski definition) is 4. The number of ether oxygens (including phenoxy) is 2. The van der Waals surface area contributed by atoms with E-state index in [0.717, 1.165) is 0 Å². The van der Waals surface area contributed by atoms with Crippen LogP contribution in [0.3, 0.4) is 0 Å². The van der Waals surface area contributed by atoms with Crippen LogP contribution in [0.25, 0.3) is 0 Å². The minimum absolute atomic E-state index is 0.167. The van der Waals surface area contributed by atoms with Gasteiger partial charge in [-0.2, -0.15) is 0 Å². The first-order valence-corrected chi connectivity index (χ1v) is 6.37. The highest BCUT2D eigenvalue weighted by atomic mass is 16.5. The van der Waals surface area contributed by atoms with Crippen molar-refractivity contribution in [3.63, 3.8) is 0 Å². The Balaban J connectivity index is 2.80. The van der Waals surface area contributed by atoms with Crippen molar-refractivity contribution >= 4 is 5.91 Å². The molecule has 1 amide bonds. The van der Waals surface area contributed by atoms with Gasteiger partial charge in [0, 0.05) is 18.7 Å². The highest BCUT2D eigenvalue weighted by Crippen LogP contribution is 2.28. The predicted octanol–water partition coefficient (Wildman–Crippen LogP) is 1.42. The second-order valence-corrected chi connectivity index (χ2v) is 4.62. The van der Waals surface area contributed by atoms with E-state index in [9.17, 15) is 4.79 Å². The van der Waals surface area contributed by atoms with Crippen LogP contribution in [-0.4, -0.2) is 32.7 Å². The Morgan fingerprint density at radius 3 is 2.68 bits per heavy atom. The fourth-order valence-corrected chi connectivity index (χ4v) is 1.47. The van der Waals surface area contributed by atoms with Crippen molar-refractivity contribution < 1.29 is 14.3 Å². The number of amides is 1. The lowest BCUT2D eigenvalue weighted by molar-refractivity contribution is 0.0954. The molecule has 1 aromatic rings. The van der Waals surface area contributed by atoms with E-state index in [2.05, 4.69) is 19.2 Å². The van der Waals surface area contributed by atoms with Crippen molar-refractivity contribution in [2.24, 2.45) is 11.7 Å². The fourth-order valence-electron chi connectivity index (χ4n) is 1.47. The SMILES string of the molecule is COc1cc(C(=O)NCCN)ccc1OCC(C)C. The molecule has 0 aliphatic heterocycles. The summed E-state index contributed by atoms with van der Waals surface area (Å²) < 4.78 is 10.9. The standard InChI is InChI=1S/C14H22N2O3/c1-10(2)9-19-12-5-4-11(8-13(12)18-3)14(17)16-7-6-15/h4-5,8,10H,6-7,9,15H2,1-3H3,(H,16,17). The summed E-state index contributed by atoms with van der Waals surface area (Å²) in [5.41, 5.74) is 5.87. The molecule has 0 saturated heterocycles. The van der Waals surface area contributed by atoms with Crippen LogP contribution >= 0.6 is 0 Å². The van der Waals surface area contributed by atoms with Crippen LogP contribution < -0.4 is 20.5 Å². The van der Waals surface area contributed by atoms with Gasteiger partial charge >= 0.3 is 0 Å². The smallest absolute Gasteiger partial charge is 0.251 e. The second-order valence-electron chi connectivity index (χ2n) is 4.62. The van der Waals surface area contributed by atoms with Gasteiger partial charge in [0.2, 0.25) is 0 Å². The number of nitrogens with two attached hydrogens (primary N) is 1. The van der Waals surface area contributed by atoms with Gasteiger partial charge in [-0.3, -0.25) is 4.79 Å². The van der Waals surface area contributed by atoms with Crippen LogP contribution in [0.5, 0.6) is 11.5 Å². The van der Waals surface area contributed by atoms with Crippen LogP contribution in [0.2, 0.25) is 0 Å². The Kier molecular flexibility index (Phi) is 6.15. The molecule has 0 radical (unpaired) electrons. The van der Waals surface area contributed by atoms with Gasteiger partial charge in [-0.05, 0) is 24.1 Å². The zero-order valence-corrected chi connectivity index (χ0v) is 11.7. The molecule has 0 unspecified atom stereocenters. The zero-order chi connectivity index (χ0) is 14.3. The van der Waals surface area contributed by atoms with E-state index in [-0.39, 0.29) is 5.91 Å². The van der Waals surface area contributed by atoms with Gasteiger partial charge in [0.1, 0.15) is 0 Å². The molecule has 0 saturated carbocycles. The quantitative estimate of drug-likeness (QED) is 0.782. The van der Waals surface area contributed by atoms with Gasteiger partial charge in [-0.1, -0.05) is 13.8 Å². The molecule has 5 nitrogen and oxygen atoms in total. The molecule has 0 atom stereocenters. The molecule has 1 rings (SSSR count). The summed E-state index contributed by atoms with van der Waals surface area (Å²) in [5.74, 6) is 1.46. The number of nitrogens with one attached hydrogen (secondary N) is 1. The van der Waals surface area contributed by atoms with E-state index in [1.165, 1.54) is 0 Å². The zero-order valence-electron chi connectivity index (χ0n) is 11.7. The Labute approximate surface area is 114 Å². The van der Waals surface area contributed by atoms with Crippen LogP contribution in [0, 0.1) is 5.92 Å². The van der Waals surface area contributed by atoms with Crippen molar-refractivity contribution in [1.29, 1.82) is 0 Å². The van der Waals surface area contributed by atoms with E-state index in [0.29, 0.717) is 42.7 Å². The highest BCUT2D eigenvalue weighted by molar-refractivity contribution is 5.94. The molecule has 19 heavy (non-hydrogen) atoms. The lowest BCUT2D eigenvalue weighted by atomic mass is 10.2. The molecule has 0 heterocycles. The average Bonchev–Trinajstić information content (AvgIpc) is 2.42. The van der Waals surface area contributed by atoms with Crippen molar-refractivity contribution in [2.45, 2.75) is 13.8 Å². The lowest BCUT2D eigenvalue weighted by Crippen LogP contribution is -2.28. The van der Waals surface area contributed by atoms with Crippen LogP contribution in [0.1, 0.15) is 24.2 Å². The number of benzene rings is 1. The molecule has 0 aliphatic carbocycles. The van der Waals surface area contributed by atoms with Crippen LogP contribution in [-0.2, 0) is 0 Å². The summed E-state index contributed by atoms with van der Waals surface area (Å²) in [6.45, 7) is 5.61. The summed E-state index contributed by atoms with van der Waals surface area (Å²) in [7, 11) is 1.55. The van der Waals surface area contributed by atoms with Gasteiger partial charge in [0.25, 0.3) is 5.91 Å². The molecule has 5 heteroatoms. The maximum Gasteiger partial charge on any atom is 0.251 e. The van der Waals surface area contributed by atoms with E-state index in [1.807, 2.05) is 0 Å². The van der Waals surface area contributed by atoms with Crippen molar-refractivity contribution in [3.05, 3.63) is 23.8 Å². The number of carbonyl (C=O) groups is 1. The van der Waals surface area contributed by atoms with Crippen LogP contribution in [0.15, 0.2) is 18.2 Å². The summed E-state index contributed by atoms with van der Waals surface area (Å²) in [4.78, 5) is 11.8. The van der Waals surface area contributed by atoms with Gasteiger partial charge in [0.05, 0.1) is 13.7 Å². The fraction of sp³-hybridized carbons (Fsp3) is 0.500. The van der Waals surface area contributed by atoms with E-state index in [1.54, 1.807) is 25.3 Å². The largest absolute Gasteiger partial charge is 0.493 e. The molecular weight excluding hydrogens is 244 g/mol. The van der Waals surface area contributed by atoms with Crippen molar-refractivity contribution in [2.75, 3.05) is 26.8 Å². The van der Waals surface area contributed by atoms with Gasteiger partial charge < -0.3 is 20.5 Å². The van der Waals surface area contributed by atoms with Gasteiger partial charge in [0.15, 0.2) is 11.5 Å². The third kappa shape index (κ3) is 4.79. The molecule has 3 N–H and O–H groups in total. The third-order valence-corrected chi connectivity index (χ3v) is 2.43. The summed E-state index contributed by atoms with van der Waals surface area (Å²) >= 11 is 0. The number of methoxy groups -OCH3 is 1. The maximum absolute atomic E-state index is 11.8. The minimum Gasteiger partial charge on any atom is -0.493 e. The first-order valence-electron chi connectivity index (χ1n) is 6.37. The Hall–Kier alpha value is -1.75. The second kappa shape index (κ2) is 7.63. The molecule has 1 aromatic carbocycles. The summed E-state index contributed by atoms with van der Waals surface area (Å²) in [6.07, 6.45) is 0. The van der Waals surface area contributed by atoms with E-state index < -0.39 is 0 Å². The van der Waals surface area contributed by atoms with E-state index >= 15 is 0 Å². The van der Waals surface area contributed by atoms with Crippen molar-refractivity contribution in [3.8, 4) is 11.5 Å². The molecule has 106 valence electrons. The minimum atomic E-state index is -0.167. The number of hydrogen-bond donors (Lipinski definition) is 2. The molecule has 0 fully saturated rings. The van der Waals surface area contributed by atoms with Gasteiger partial charge in [-0.25, -0.2) is 0 Å². The highest BCUT2D eigenvalue weighted by Gasteiger charge is 2.11. The van der Waals surface area contributed by atoms with Crippen molar-refractivity contribution in [1.82, 2.24) is 5.32 Å². The lowest BCUT2D eigenvalue weighted by Gasteiger charge is -2.13. The normalized spacial score (nSPS) is 10.4. The monoisotopic (exact) mass is 266 g/mol. The number of carbonyl (C=O) groups excluding carboxylic acids is 1. The Bertz CT molecular complexity index is 419. The maximum atomic E-state index is 11.8. The molecule has 0 spiro atoms. The first kappa shape index (κ1) is 15.3. The summed E-state index contributed by atoms with van der Waals surface area (Å²) in [5, 5.41) is 2.71. The summed E-state index contributed by atoms with van der Waals surface area (Å²) in [6, 6.07) is 5.13. The number of rotatable bonds is 7. The molecule has 0 aliphatic rings. The molecule has 0 aromatic heterocycles. The van der Waals surface area contributed by atoms with Gasteiger partial charge in [-0.15, -0.1) is 0 Å². The first-order chi connectivity index (χ1) is 9.08. The topological polar surface area (TPSA) is 73.6 Å². The predicted molar refractivity (Wildman–Crippen MR) is 74.7 cm³/mol. The average molecular weight is 266 g/mol. The molecular formula is C14H22N2O3. The Morgan fingerprint density at radius 2 is 2.11 bits per heavy atom. The third-order valence-electron chi connectivity index (χ3n) is 2.43. The van der Waals surface area contributed by atoms with Crippen LogP contribution in [0.4, 0.5) is 0 Å². The molecule has 0 bridgehead atoms. The Morgan fingerprint density at radius 1 is 1.37 bits per heavy atom.